The highest BCUT2D eigenvalue weighted by molar-refractivity contribution is 5.78. The zero-order valence-electron chi connectivity index (χ0n) is 16.0. The molecular weight excluding hydrogens is 384 g/mol. The molecule has 0 saturated carbocycles. The van der Waals surface area contributed by atoms with Crippen molar-refractivity contribution in [1.82, 2.24) is 0 Å². The third-order valence-corrected chi connectivity index (χ3v) is 2.90. The fourth-order valence-electron chi connectivity index (χ4n) is 2.08. The average Bonchev–Trinajstić information content (AvgIpc) is 2.51. The lowest BCUT2D eigenvalue weighted by Gasteiger charge is -2.33. The number of aliphatic carboxylic acids is 1. The Balaban J connectivity index is 6.18. The first-order valence-electron chi connectivity index (χ1n) is 7.90. The van der Waals surface area contributed by atoms with E-state index in [1.54, 1.807) is 0 Å². The molecule has 0 aliphatic heterocycles. The van der Waals surface area contributed by atoms with Gasteiger partial charge in [0.15, 0.2) is 18.3 Å². The summed E-state index contributed by atoms with van der Waals surface area (Å²) in [5.41, 5.74) is 0. The number of rotatable bonds is 10. The topological polar surface area (TPSA) is 169 Å². The van der Waals surface area contributed by atoms with Crippen LogP contribution in [-0.2, 0) is 52.5 Å². The quantitative estimate of drug-likeness (QED) is 0.360. The zero-order valence-corrected chi connectivity index (χ0v) is 16.0. The molecular formula is C16H22O12. The van der Waals surface area contributed by atoms with Crippen LogP contribution in [0, 0.1) is 0 Å². The van der Waals surface area contributed by atoms with E-state index < -0.39 is 66.8 Å². The molecule has 0 saturated heterocycles. The van der Waals surface area contributed by atoms with Gasteiger partial charge in [0.05, 0.1) is 0 Å². The minimum atomic E-state index is -2.11. The Hall–Kier alpha value is -3.18. The van der Waals surface area contributed by atoms with Crippen LogP contribution in [0.4, 0.5) is 0 Å². The lowest BCUT2D eigenvalue weighted by molar-refractivity contribution is -0.206. The Kier molecular flexibility index (Phi) is 10.2. The molecule has 4 atom stereocenters. The highest BCUT2D eigenvalue weighted by Gasteiger charge is 2.47. The normalized spacial score (nSPS) is 14.5. The number of hydrogen-bond acceptors (Lipinski definition) is 11. The van der Waals surface area contributed by atoms with E-state index in [0.29, 0.717) is 0 Å². The van der Waals surface area contributed by atoms with Crippen LogP contribution >= 0.6 is 0 Å². The molecule has 0 aliphatic carbocycles. The molecule has 28 heavy (non-hydrogen) atoms. The predicted octanol–water partition coefficient (Wildman–Crippen LogP) is -0.639. The van der Waals surface area contributed by atoms with Crippen LogP contribution in [0.15, 0.2) is 0 Å². The fourth-order valence-corrected chi connectivity index (χ4v) is 2.08. The minimum Gasteiger partial charge on any atom is -0.478 e. The maximum absolute atomic E-state index is 11.6. The van der Waals surface area contributed by atoms with Crippen LogP contribution in [0.5, 0.6) is 0 Å². The summed E-state index contributed by atoms with van der Waals surface area (Å²) in [4.78, 5) is 68.3. The second-order valence-electron chi connectivity index (χ2n) is 5.47. The maximum Gasteiger partial charge on any atom is 0.349 e. The summed E-state index contributed by atoms with van der Waals surface area (Å²) in [6.07, 6.45) is -7.36. The first kappa shape index (κ1) is 24.8. The number of esters is 5. The Morgan fingerprint density at radius 3 is 1.43 bits per heavy atom. The van der Waals surface area contributed by atoms with E-state index in [-0.39, 0.29) is 0 Å². The molecule has 0 radical (unpaired) electrons. The summed E-state index contributed by atoms with van der Waals surface area (Å²) in [6.45, 7) is 4.18. The number of carboxylic acids is 1. The molecule has 1 N–H and O–H groups in total. The van der Waals surface area contributed by atoms with Gasteiger partial charge in [-0.25, -0.2) is 4.79 Å². The van der Waals surface area contributed by atoms with Crippen molar-refractivity contribution in [2.24, 2.45) is 0 Å². The number of carbonyl (C=O) groups is 6. The zero-order chi connectivity index (χ0) is 22.0. The number of hydrogen-bond donors (Lipinski definition) is 1. The van der Waals surface area contributed by atoms with Crippen LogP contribution in [0.1, 0.15) is 34.6 Å². The van der Waals surface area contributed by atoms with Gasteiger partial charge in [0.2, 0.25) is 6.10 Å². The van der Waals surface area contributed by atoms with Gasteiger partial charge in [-0.3, -0.25) is 24.0 Å². The van der Waals surface area contributed by atoms with Gasteiger partial charge in [-0.1, -0.05) is 0 Å². The SMILES string of the molecule is CC(=O)OC[C@H](OC(C)=O)[C@H](OC(C)=O)[C@@H](OC(C)=O)[C@H](OC(C)=O)C(=O)O. The van der Waals surface area contributed by atoms with Gasteiger partial charge in [-0.15, -0.1) is 0 Å². The van der Waals surface area contributed by atoms with E-state index in [1.807, 2.05) is 0 Å². The van der Waals surface area contributed by atoms with Crippen molar-refractivity contribution in [3.8, 4) is 0 Å². The Labute approximate surface area is 160 Å². The first-order chi connectivity index (χ1) is 12.8. The van der Waals surface area contributed by atoms with Crippen molar-refractivity contribution in [3.63, 3.8) is 0 Å². The molecule has 0 aliphatic rings. The summed E-state index contributed by atoms with van der Waals surface area (Å²) in [5, 5.41) is 9.37. The molecule has 0 aromatic carbocycles. The van der Waals surface area contributed by atoms with Crippen molar-refractivity contribution in [1.29, 1.82) is 0 Å². The summed E-state index contributed by atoms with van der Waals surface area (Å²) in [7, 11) is 0. The highest BCUT2D eigenvalue weighted by atomic mass is 16.6. The molecule has 158 valence electrons. The van der Waals surface area contributed by atoms with Crippen LogP contribution in [-0.4, -0.2) is 71.9 Å². The summed E-state index contributed by atoms with van der Waals surface area (Å²) < 4.78 is 24.2. The third kappa shape index (κ3) is 9.50. The standard InChI is InChI=1S/C16H22O12/c1-7(17)24-6-12(25-8(2)18)13(26-9(3)19)14(27-10(4)20)15(16(22)23)28-11(5)21/h12-15H,6H2,1-5H3,(H,22,23)/t12-,13-,14+,15-/m0/s1. The molecule has 0 spiro atoms. The third-order valence-electron chi connectivity index (χ3n) is 2.90. The largest absolute Gasteiger partial charge is 0.478 e. The van der Waals surface area contributed by atoms with Gasteiger partial charge in [-0.2, -0.15) is 0 Å². The predicted molar refractivity (Wildman–Crippen MR) is 86.5 cm³/mol. The van der Waals surface area contributed by atoms with E-state index in [1.165, 1.54) is 0 Å². The summed E-state index contributed by atoms with van der Waals surface area (Å²) >= 11 is 0. The molecule has 0 bridgehead atoms. The van der Waals surface area contributed by atoms with Crippen molar-refractivity contribution >= 4 is 35.8 Å². The molecule has 0 heterocycles. The first-order valence-corrected chi connectivity index (χ1v) is 7.90. The lowest BCUT2D eigenvalue weighted by atomic mass is 10.0. The second kappa shape index (κ2) is 11.5. The summed E-state index contributed by atoms with van der Waals surface area (Å²) in [6, 6.07) is 0. The molecule has 12 heteroatoms. The average molecular weight is 406 g/mol. The molecule has 0 rings (SSSR count). The van der Waals surface area contributed by atoms with Crippen molar-refractivity contribution in [3.05, 3.63) is 0 Å². The summed E-state index contributed by atoms with van der Waals surface area (Å²) in [5.74, 6) is -6.40. The van der Waals surface area contributed by atoms with Gasteiger partial charge in [0.25, 0.3) is 0 Å². The maximum atomic E-state index is 11.6. The van der Waals surface area contributed by atoms with Crippen LogP contribution in [0.25, 0.3) is 0 Å². The van der Waals surface area contributed by atoms with E-state index >= 15 is 0 Å². The molecule has 0 amide bonds. The number of ether oxygens (including phenoxy) is 5. The van der Waals surface area contributed by atoms with Crippen LogP contribution in [0.2, 0.25) is 0 Å². The van der Waals surface area contributed by atoms with Gasteiger partial charge < -0.3 is 28.8 Å². The monoisotopic (exact) mass is 406 g/mol. The van der Waals surface area contributed by atoms with Gasteiger partial charge in [0, 0.05) is 34.6 Å². The van der Waals surface area contributed by atoms with Crippen LogP contribution < -0.4 is 0 Å². The molecule has 0 aromatic rings. The van der Waals surface area contributed by atoms with E-state index in [0.717, 1.165) is 34.6 Å². The Morgan fingerprint density at radius 1 is 0.643 bits per heavy atom. The Bertz CT molecular complexity index is 625. The van der Waals surface area contributed by atoms with Gasteiger partial charge >= 0.3 is 35.8 Å². The van der Waals surface area contributed by atoms with Crippen molar-refractivity contribution in [2.45, 2.75) is 59.0 Å². The molecule has 0 fully saturated rings. The Morgan fingerprint density at radius 2 is 1.07 bits per heavy atom. The molecule has 0 aromatic heterocycles. The van der Waals surface area contributed by atoms with Crippen LogP contribution in [0.3, 0.4) is 0 Å². The molecule has 12 nitrogen and oxygen atoms in total. The number of carboxylic acid groups (broad SMARTS) is 1. The van der Waals surface area contributed by atoms with Gasteiger partial charge in [-0.05, 0) is 0 Å². The van der Waals surface area contributed by atoms with E-state index in [9.17, 15) is 33.9 Å². The second-order valence-corrected chi connectivity index (χ2v) is 5.47. The minimum absolute atomic E-state index is 0.656. The van der Waals surface area contributed by atoms with Gasteiger partial charge in [0.1, 0.15) is 6.61 Å². The fraction of sp³-hybridized carbons (Fsp3) is 0.625. The number of carbonyl (C=O) groups excluding carboxylic acids is 5. The van der Waals surface area contributed by atoms with Crippen molar-refractivity contribution < 1.29 is 57.6 Å². The smallest absolute Gasteiger partial charge is 0.349 e. The lowest BCUT2D eigenvalue weighted by Crippen LogP contribution is -2.55. The highest BCUT2D eigenvalue weighted by Crippen LogP contribution is 2.20. The van der Waals surface area contributed by atoms with E-state index in [2.05, 4.69) is 4.74 Å². The van der Waals surface area contributed by atoms with Crippen molar-refractivity contribution in [2.75, 3.05) is 6.61 Å². The van der Waals surface area contributed by atoms with E-state index in [4.69, 9.17) is 18.9 Å². The molecule has 0 unspecified atom stereocenters.